The van der Waals surface area contributed by atoms with Crippen LogP contribution in [0.25, 0.3) is 0 Å². The Morgan fingerprint density at radius 3 is 1.19 bits per heavy atom. The molecule has 0 radical (unpaired) electrons. The summed E-state index contributed by atoms with van der Waals surface area (Å²) in [5.41, 5.74) is 3.43. The third-order valence-corrected chi connectivity index (χ3v) is 5.80. The summed E-state index contributed by atoms with van der Waals surface area (Å²) < 4.78 is 21.2. The third kappa shape index (κ3) is 10.1. The Hall–Kier alpha value is -5.74. The van der Waals surface area contributed by atoms with Gasteiger partial charge in [-0.25, -0.2) is 0 Å². The summed E-state index contributed by atoms with van der Waals surface area (Å²) in [6.07, 6.45) is 5.01. The standard InChI is InChI=1S/C32H28N6O4/c33-23-41-31-15-7-27(8-16-31)37-35-21-25-3-11-29(12-4-25)39-19-1-2-20-40-30-13-5-26(6-14-30)22-36-38-28-9-17-32(18-10-28)42-24-34/h3-18H,1-2,19-22H2. The van der Waals surface area contributed by atoms with Gasteiger partial charge >= 0.3 is 0 Å². The van der Waals surface area contributed by atoms with E-state index in [0.29, 0.717) is 49.2 Å². The highest BCUT2D eigenvalue weighted by Gasteiger charge is 2.00. The van der Waals surface area contributed by atoms with Crippen molar-refractivity contribution >= 4 is 11.4 Å². The highest BCUT2D eigenvalue weighted by atomic mass is 16.5. The van der Waals surface area contributed by atoms with Crippen LogP contribution < -0.4 is 18.9 Å². The van der Waals surface area contributed by atoms with E-state index in [-0.39, 0.29) is 0 Å². The lowest BCUT2D eigenvalue weighted by atomic mass is 10.2. The number of nitrogens with zero attached hydrogens (tertiary/aromatic N) is 6. The summed E-state index contributed by atoms with van der Waals surface area (Å²) >= 11 is 0. The zero-order chi connectivity index (χ0) is 29.2. The van der Waals surface area contributed by atoms with E-state index < -0.39 is 0 Å². The minimum absolute atomic E-state index is 0.453. The third-order valence-electron chi connectivity index (χ3n) is 5.80. The van der Waals surface area contributed by atoms with Gasteiger partial charge in [0.25, 0.3) is 12.5 Å². The molecule has 4 aromatic carbocycles. The molecular formula is C32H28N6O4. The molecule has 0 saturated carbocycles. The molecule has 10 heteroatoms. The SMILES string of the molecule is N#COc1ccc(N=NCc2ccc(OCCCCOc3ccc(CN=Nc4ccc(OC#N)cc4)cc3)cc2)cc1. The number of rotatable bonds is 15. The van der Waals surface area contributed by atoms with Gasteiger partial charge in [-0.2, -0.15) is 20.5 Å². The highest BCUT2D eigenvalue weighted by molar-refractivity contribution is 5.41. The predicted molar refractivity (Wildman–Crippen MR) is 155 cm³/mol. The maximum atomic E-state index is 8.52. The van der Waals surface area contributed by atoms with Crippen LogP contribution in [0.3, 0.4) is 0 Å². The molecule has 0 aromatic heterocycles. The van der Waals surface area contributed by atoms with Crippen LogP contribution in [0, 0.1) is 23.0 Å². The Kier molecular flexibility index (Phi) is 11.4. The van der Waals surface area contributed by atoms with Gasteiger partial charge in [-0.1, -0.05) is 24.3 Å². The summed E-state index contributed by atoms with van der Waals surface area (Å²) in [6, 6.07) is 29.2. The van der Waals surface area contributed by atoms with Gasteiger partial charge in [0.15, 0.2) is 0 Å². The number of hydrogen-bond acceptors (Lipinski definition) is 10. The van der Waals surface area contributed by atoms with Crippen LogP contribution in [-0.4, -0.2) is 13.2 Å². The van der Waals surface area contributed by atoms with Crippen LogP contribution >= 0.6 is 0 Å². The number of ether oxygens (including phenoxy) is 4. The lowest BCUT2D eigenvalue weighted by Crippen LogP contribution is -2.02. The Morgan fingerprint density at radius 1 is 0.476 bits per heavy atom. The van der Waals surface area contributed by atoms with Gasteiger partial charge in [0.1, 0.15) is 23.0 Å². The fourth-order valence-corrected chi connectivity index (χ4v) is 3.63. The van der Waals surface area contributed by atoms with E-state index in [1.807, 2.05) is 48.5 Å². The summed E-state index contributed by atoms with van der Waals surface area (Å²) in [5.74, 6) is 2.55. The van der Waals surface area contributed by atoms with Crippen LogP contribution in [0.4, 0.5) is 11.4 Å². The van der Waals surface area contributed by atoms with Crippen LogP contribution in [0.15, 0.2) is 118 Å². The molecule has 0 unspecified atom stereocenters. The molecule has 0 N–H and O–H groups in total. The second-order valence-corrected chi connectivity index (χ2v) is 8.87. The molecule has 210 valence electrons. The summed E-state index contributed by atoms with van der Waals surface area (Å²) in [7, 11) is 0. The van der Waals surface area contributed by atoms with Crippen LogP contribution in [0.1, 0.15) is 24.0 Å². The van der Waals surface area contributed by atoms with Gasteiger partial charge in [0, 0.05) is 0 Å². The van der Waals surface area contributed by atoms with Crippen molar-refractivity contribution in [3.05, 3.63) is 108 Å². The second kappa shape index (κ2) is 16.4. The first-order chi connectivity index (χ1) is 20.7. The quantitative estimate of drug-likeness (QED) is 0.0817. The molecule has 4 aromatic rings. The molecule has 0 saturated heterocycles. The first-order valence-corrected chi connectivity index (χ1v) is 13.2. The molecule has 0 bridgehead atoms. The molecule has 0 spiro atoms. The van der Waals surface area contributed by atoms with Crippen molar-refractivity contribution in [1.82, 2.24) is 0 Å². The fraction of sp³-hybridized carbons (Fsp3) is 0.188. The van der Waals surface area contributed by atoms with Crippen LogP contribution in [0.5, 0.6) is 23.0 Å². The van der Waals surface area contributed by atoms with Crippen LogP contribution in [0.2, 0.25) is 0 Å². The summed E-state index contributed by atoms with van der Waals surface area (Å²) in [5, 5.41) is 33.8. The molecule has 0 fully saturated rings. The zero-order valence-corrected chi connectivity index (χ0v) is 22.8. The molecule has 42 heavy (non-hydrogen) atoms. The lowest BCUT2D eigenvalue weighted by Gasteiger charge is -2.08. The normalized spacial score (nSPS) is 10.7. The van der Waals surface area contributed by atoms with Crippen LogP contribution in [-0.2, 0) is 13.1 Å². The minimum Gasteiger partial charge on any atom is -0.494 e. The van der Waals surface area contributed by atoms with Gasteiger partial charge in [0.2, 0.25) is 0 Å². The van der Waals surface area contributed by atoms with E-state index >= 15 is 0 Å². The predicted octanol–water partition coefficient (Wildman–Crippen LogP) is 8.21. The topological polar surface area (TPSA) is 134 Å². The number of benzene rings is 4. The average Bonchev–Trinajstić information content (AvgIpc) is 3.02. The van der Waals surface area contributed by atoms with Crippen molar-refractivity contribution in [3.63, 3.8) is 0 Å². The molecule has 0 aliphatic carbocycles. The van der Waals surface area contributed by atoms with E-state index in [2.05, 4.69) is 20.5 Å². The molecule has 10 nitrogen and oxygen atoms in total. The van der Waals surface area contributed by atoms with Crippen molar-refractivity contribution in [3.8, 4) is 35.5 Å². The Morgan fingerprint density at radius 2 is 0.833 bits per heavy atom. The highest BCUT2D eigenvalue weighted by Crippen LogP contribution is 2.21. The van der Waals surface area contributed by atoms with Gasteiger partial charge in [-0.15, -0.1) is 10.5 Å². The number of hydrogen-bond donors (Lipinski definition) is 0. The first-order valence-electron chi connectivity index (χ1n) is 13.2. The van der Waals surface area contributed by atoms with Crippen molar-refractivity contribution in [2.45, 2.75) is 25.9 Å². The van der Waals surface area contributed by atoms with Gasteiger partial charge < -0.3 is 18.9 Å². The average molecular weight is 561 g/mol. The van der Waals surface area contributed by atoms with E-state index in [9.17, 15) is 0 Å². The molecule has 0 atom stereocenters. The van der Waals surface area contributed by atoms with Gasteiger partial charge in [0.05, 0.1) is 37.7 Å². The van der Waals surface area contributed by atoms with Crippen molar-refractivity contribution in [2.24, 2.45) is 20.5 Å². The van der Waals surface area contributed by atoms with Crippen molar-refractivity contribution in [1.29, 1.82) is 10.5 Å². The Labute approximate surface area is 244 Å². The molecule has 0 amide bonds. The monoisotopic (exact) mass is 560 g/mol. The molecular weight excluding hydrogens is 532 g/mol. The van der Waals surface area contributed by atoms with E-state index in [0.717, 1.165) is 35.5 Å². The number of azo groups is 2. The maximum Gasteiger partial charge on any atom is 0.292 e. The Balaban J connectivity index is 1.07. The zero-order valence-electron chi connectivity index (χ0n) is 22.8. The lowest BCUT2D eigenvalue weighted by molar-refractivity contribution is 0.266. The maximum absolute atomic E-state index is 8.52. The van der Waals surface area contributed by atoms with Crippen molar-refractivity contribution < 1.29 is 18.9 Å². The molecule has 0 heterocycles. The smallest absolute Gasteiger partial charge is 0.292 e. The number of nitriles is 2. The van der Waals surface area contributed by atoms with Gasteiger partial charge in [-0.05, 0) is 96.8 Å². The molecule has 4 rings (SSSR count). The Bertz CT molecular complexity index is 1400. The largest absolute Gasteiger partial charge is 0.494 e. The number of unbranched alkanes of at least 4 members (excludes halogenated alkanes) is 1. The van der Waals surface area contributed by atoms with Gasteiger partial charge in [-0.3, -0.25) is 0 Å². The van der Waals surface area contributed by atoms with E-state index in [1.165, 1.54) is 0 Å². The summed E-state index contributed by atoms with van der Waals surface area (Å²) in [6.45, 7) is 2.11. The fourth-order valence-electron chi connectivity index (χ4n) is 3.63. The van der Waals surface area contributed by atoms with E-state index in [1.54, 1.807) is 61.0 Å². The van der Waals surface area contributed by atoms with Crippen molar-refractivity contribution in [2.75, 3.05) is 13.2 Å². The minimum atomic E-state index is 0.453. The summed E-state index contributed by atoms with van der Waals surface area (Å²) in [4.78, 5) is 0. The first kappa shape index (κ1) is 29.2. The molecule has 0 aliphatic heterocycles. The van der Waals surface area contributed by atoms with E-state index in [4.69, 9.17) is 29.5 Å². The second-order valence-electron chi connectivity index (χ2n) is 8.87. The molecule has 0 aliphatic rings.